The van der Waals surface area contributed by atoms with Crippen LogP contribution in [0.3, 0.4) is 0 Å². The second-order valence-electron chi connectivity index (χ2n) is 4.22. The molecule has 1 N–H and O–H groups in total. The summed E-state index contributed by atoms with van der Waals surface area (Å²) in [6.07, 6.45) is 1.58. The molecule has 0 atom stereocenters. The zero-order chi connectivity index (χ0) is 15.9. The van der Waals surface area contributed by atoms with Gasteiger partial charge in [0.05, 0.1) is 6.61 Å². The minimum Gasteiger partial charge on any atom is -0.380 e. The third-order valence-electron chi connectivity index (χ3n) is 2.82. The van der Waals surface area contributed by atoms with Gasteiger partial charge in [-0.2, -0.15) is 4.31 Å². The minimum absolute atomic E-state index is 0.178. The average molecular weight is 380 g/mol. The molecule has 0 aliphatic carbocycles. The Bertz CT molecular complexity index is 552. The van der Waals surface area contributed by atoms with E-state index < -0.39 is 10.0 Å². The molecule has 1 rings (SSSR count). The number of nitrogens with one attached hydrogen (secondary N) is 1. The number of ether oxygens (including phenoxy) is 1. The largest absolute Gasteiger partial charge is 0.380 e. The van der Waals surface area contributed by atoms with Crippen LogP contribution in [0.1, 0.15) is 20.8 Å². The van der Waals surface area contributed by atoms with Crippen molar-refractivity contribution in [1.29, 1.82) is 0 Å². The Morgan fingerprint density at radius 1 is 1.38 bits per heavy atom. The molecule has 1 aromatic rings. The van der Waals surface area contributed by atoms with Crippen molar-refractivity contribution in [2.24, 2.45) is 0 Å². The van der Waals surface area contributed by atoms with Crippen molar-refractivity contribution < 1.29 is 13.2 Å². The molecule has 0 aliphatic rings. The maximum absolute atomic E-state index is 12.8. The van der Waals surface area contributed by atoms with Gasteiger partial charge in [0.15, 0.2) is 0 Å². The number of pyridine rings is 1. The zero-order valence-corrected chi connectivity index (χ0v) is 15.0. The quantitative estimate of drug-likeness (QED) is 0.666. The molecule has 0 saturated carbocycles. The van der Waals surface area contributed by atoms with Crippen LogP contribution in [0.2, 0.25) is 0 Å². The number of anilines is 1. The van der Waals surface area contributed by atoms with E-state index in [1.165, 1.54) is 4.31 Å². The van der Waals surface area contributed by atoms with Crippen LogP contribution in [-0.4, -0.2) is 50.6 Å². The van der Waals surface area contributed by atoms with E-state index in [9.17, 15) is 8.42 Å². The van der Waals surface area contributed by atoms with Gasteiger partial charge in [-0.1, -0.05) is 6.92 Å². The Labute approximate surface area is 135 Å². The number of nitrogens with zero attached hydrogens (tertiary/aromatic N) is 2. The first kappa shape index (κ1) is 18.3. The molecule has 0 bridgehead atoms. The van der Waals surface area contributed by atoms with E-state index in [-0.39, 0.29) is 4.90 Å². The van der Waals surface area contributed by atoms with Gasteiger partial charge in [0.2, 0.25) is 10.0 Å². The van der Waals surface area contributed by atoms with Crippen molar-refractivity contribution in [3.8, 4) is 0 Å². The Morgan fingerprint density at radius 3 is 2.67 bits per heavy atom. The predicted octanol–water partition coefficient (Wildman–Crippen LogP) is 2.32. The fourth-order valence-electron chi connectivity index (χ4n) is 1.82. The lowest BCUT2D eigenvalue weighted by atomic mass is 10.4. The van der Waals surface area contributed by atoms with Crippen LogP contribution in [-0.2, 0) is 14.8 Å². The summed E-state index contributed by atoms with van der Waals surface area (Å²) < 4.78 is 32.8. The Kier molecular flexibility index (Phi) is 7.58. The fourth-order valence-corrected chi connectivity index (χ4v) is 3.88. The summed E-state index contributed by atoms with van der Waals surface area (Å²) in [5.74, 6) is 0.371. The highest BCUT2D eigenvalue weighted by Crippen LogP contribution is 2.25. The number of rotatable bonds is 9. The van der Waals surface area contributed by atoms with Crippen molar-refractivity contribution in [2.45, 2.75) is 25.7 Å². The summed E-state index contributed by atoms with van der Waals surface area (Å²) in [6.45, 7) is 7.83. The van der Waals surface area contributed by atoms with Crippen LogP contribution >= 0.6 is 15.9 Å². The van der Waals surface area contributed by atoms with Gasteiger partial charge >= 0.3 is 0 Å². The third-order valence-corrected chi connectivity index (χ3v) is 5.24. The number of halogens is 1. The molecule has 0 fully saturated rings. The summed E-state index contributed by atoms with van der Waals surface area (Å²) in [6, 6.07) is 1.57. The molecule has 8 heteroatoms. The van der Waals surface area contributed by atoms with E-state index in [1.54, 1.807) is 12.3 Å². The van der Waals surface area contributed by atoms with Crippen LogP contribution in [0.25, 0.3) is 0 Å². The van der Waals surface area contributed by atoms with Crippen LogP contribution < -0.4 is 5.32 Å². The molecule has 1 heterocycles. The van der Waals surface area contributed by atoms with Gasteiger partial charge in [0.1, 0.15) is 10.7 Å². The second-order valence-corrected chi connectivity index (χ2v) is 7.05. The summed E-state index contributed by atoms with van der Waals surface area (Å²) in [5, 5.41) is 2.99. The van der Waals surface area contributed by atoms with Gasteiger partial charge in [-0.25, -0.2) is 13.4 Å². The van der Waals surface area contributed by atoms with Gasteiger partial charge in [-0.15, -0.1) is 0 Å². The smallest absolute Gasteiger partial charge is 0.246 e. The highest BCUT2D eigenvalue weighted by Gasteiger charge is 2.26. The van der Waals surface area contributed by atoms with E-state index in [4.69, 9.17) is 4.74 Å². The lowest BCUT2D eigenvalue weighted by Gasteiger charge is -2.22. The van der Waals surface area contributed by atoms with E-state index in [1.807, 2.05) is 20.8 Å². The molecule has 1 aromatic heterocycles. The third kappa shape index (κ3) is 4.91. The molecule has 0 radical (unpaired) electrons. The molecule has 21 heavy (non-hydrogen) atoms. The Balaban J connectivity index is 3.12. The summed E-state index contributed by atoms with van der Waals surface area (Å²) in [5.41, 5.74) is 0. The first-order chi connectivity index (χ1) is 9.97. The molecule has 0 spiro atoms. The molecular weight excluding hydrogens is 358 g/mol. The molecule has 0 unspecified atom stereocenters. The average Bonchev–Trinajstić information content (AvgIpc) is 2.45. The summed E-state index contributed by atoms with van der Waals surface area (Å²) >= 11 is 3.28. The Morgan fingerprint density at radius 2 is 2.10 bits per heavy atom. The number of likely N-dealkylation sites (N-methyl/N-ethyl adjacent to an activating group) is 1. The van der Waals surface area contributed by atoms with E-state index in [0.29, 0.717) is 43.1 Å². The van der Waals surface area contributed by atoms with Crippen molar-refractivity contribution in [3.63, 3.8) is 0 Å². The fraction of sp³-hybridized carbons (Fsp3) is 0.615. The first-order valence-corrected chi connectivity index (χ1v) is 9.17. The molecule has 120 valence electrons. The molecule has 0 aromatic carbocycles. The molecule has 0 amide bonds. The second kappa shape index (κ2) is 8.67. The summed E-state index contributed by atoms with van der Waals surface area (Å²) in [4.78, 5) is 4.33. The minimum atomic E-state index is -3.61. The van der Waals surface area contributed by atoms with Crippen molar-refractivity contribution in [2.75, 3.05) is 38.2 Å². The van der Waals surface area contributed by atoms with Crippen LogP contribution in [0.4, 0.5) is 5.82 Å². The standard InChI is InChI=1S/C13H22BrN3O3S/c1-4-15-13-12(9-11(14)10-16-13)21(18,19)17(5-2)7-8-20-6-3/h9-10H,4-8H2,1-3H3,(H,15,16). The van der Waals surface area contributed by atoms with Crippen LogP contribution in [0.5, 0.6) is 0 Å². The van der Waals surface area contributed by atoms with Crippen molar-refractivity contribution in [1.82, 2.24) is 9.29 Å². The molecule has 6 nitrogen and oxygen atoms in total. The maximum Gasteiger partial charge on any atom is 0.246 e. The SMILES string of the molecule is CCNc1ncc(Br)cc1S(=O)(=O)N(CC)CCOCC. The monoisotopic (exact) mass is 379 g/mol. The maximum atomic E-state index is 12.8. The van der Waals surface area contributed by atoms with E-state index in [2.05, 4.69) is 26.2 Å². The zero-order valence-electron chi connectivity index (χ0n) is 12.6. The van der Waals surface area contributed by atoms with Crippen LogP contribution in [0, 0.1) is 0 Å². The highest BCUT2D eigenvalue weighted by molar-refractivity contribution is 9.10. The topological polar surface area (TPSA) is 71.5 Å². The van der Waals surface area contributed by atoms with Crippen molar-refractivity contribution >= 4 is 31.8 Å². The lowest BCUT2D eigenvalue weighted by molar-refractivity contribution is 0.135. The molecular formula is C13H22BrN3O3S. The Hall–Kier alpha value is -0.700. The summed E-state index contributed by atoms with van der Waals surface area (Å²) in [7, 11) is -3.61. The lowest BCUT2D eigenvalue weighted by Crippen LogP contribution is -2.34. The predicted molar refractivity (Wildman–Crippen MR) is 87.0 cm³/mol. The van der Waals surface area contributed by atoms with Gasteiger partial charge < -0.3 is 10.1 Å². The van der Waals surface area contributed by atoms with Crippen LogP contribution in [0.15, 0.2) is 21.6 Å². The van der Waals surface area contributed by atoms with Crippen molar-refractivity contribution in [3.05, 3.63) is 16.7 Å². The molecule has 0 aliphatic heterocycles. The van der Waals surface area contributed by atoms with Gasteiger partial charge in [-0.3, -0.25) is 0 Å². The van der Waals surface area contributed by atoms with Gasteiger partial charge in [0, 0.05) is 36.9 Å². The number of sulfonamides is 1. The number of hydrogen-bond donors (Lipinski definition) is 1. The highest BCUT2D eigenvalue weighted by atomic mass is 79.9. The number of aromatic nitrogens is 1. The first-order valence-electron chi connectivity index (χ1n) is 6.94. The van der Waals surface area contributed by atoms with Gasteiger partial charge in [0.25, 0.3) is 0 Å². The molecule has 0 saturated heterocycles. The van der Waals surface area contributed by atoms with E-state index >= 15 is 0 Å². The normalized spacial score (nSPS) is 11.9. The number of hydrogen-bond acceptors (Lipinski definition) is 5. The van der Waals surface area contributed by atoms with E-state index in [0.717, 1.165) is 0 Å². The van der Waals surface area contributed by atoms with Gasteiger partial charge in [-0.05, 0) is 35.8 Å².